The van der Waals surface area contributed by atoms with Crippen LogP contribution in [0.5, 0.6) is 0 Å². The lowest BCUT2D eigenvalue weighted by Gasteiger charge is -2.23. The molecular weight excluding hydrogens is 536 g/mol. The quantitative estimate of drug-likeness (QED) is 0.0637. The van der Waals surface area contributed by atoms with Crippen LogP contribution in [-0.4, -0.2) is 91.3 Å². The van der Waals surface area contributed by atoms with Gasteiger partial charge in [-0.3, -0.25) is 14.4 Å². The highest BCUT2D eigenvalue weighted by Gasteiger charge is 2.26. The summed E-state index contributed by atoms with van der Waals surface area (Å²) in [5.41, 5.74) is 0. The van der Waals surface area contributed by atoms with Crippen LogP contribution >= 0.6 is 0 Å². The molecule has 0 spiro atoms. The topological polar surface area (TPSA) is 191 Å². The van der Waals surface area contributed by atoms with E-state index in [1.165, 1.54) is 0 Å². The molecule has 0 aliphatic rings. The third kappa shape index (κ3) is 23.5. The van der Waals surface area contributed by atoms with Crippen molar-refractivity contribution in [2.75, 3.05) is 0 Å². The molecule has 11 nitrogen and oxygen atoms in total. The van der Waals surface area contributed by atoms with E-state index in [1.54, 1.807) is 6.92 Å². The predicted molar refractivity (Wildman–Crippen MR) is 153 cm³/mol. The van der Waals surface area contributed by atoms with Crippen LogP contribution in [0, 0.1) is 0 Å². The van der Waals surface area contributed by atoms with Gasteiger partial charge < -0.3 is 40.1 Å². The molecule has 41 heavy (non-hydrogen) atoms. The Morgan fingerprint density at radius 3 is 1.46 bits per heavy atom. The Balaban J connectivity index is 4.96. The van der Waals surface area contributed by atoms with E-state index >= 15 is 0 Å². The molecule has 6 N–H and O–H groups in total. The molecule has 0 saturated carbocycles. The second-order valence-electron chi connectivity index (χ2n) is 11.3. The molecule has 7 atom stereocenters. The minimum Gasteiger partial charge on any atom is -0.481 e. The largest absolute Gasteiger partial charge is 0.481 e. The van der Waals surface area contributed by atoms with Crippen molar-refractivity contribution in [2.45, 2.75) is 173 Å². The van der Waals surface area contributed by atoms with Gasteiger partial charge in [0.1, 0.15) is 12.2 Å². The van der Waals surface area contributed by atoms with Crippen molar-refractivity contribution in [3.63, 3.8) is 0 Å². The van der Waals surface area contributed by atoms with Crippen molar-refractivity contribution < 1.29 is 54.5 Å². The van der Waals surface area contributed by atoms with Gasteiger partial charge in [0.2, 0.25) is 0 Å². The lowest BCUT2D eigenvalue weighted by Crippen LogP contribution is -2.30. The molecule has 0 fully saturated rings. The molecule has 0 rings (SSSR count). The normalized spacial score (nSPS) is 16.7. The average Bonchev–Trinajstić information content (AvgIpc) is 2.82. The van der Waals surface area contributed by atoms with Gasteiger partial charge in [0.25, 0.3) is 0 Å². The average molecular weight is 593 g/mol. The van der Waals surface area contributed by atoms with Gasteiger partial charge in [0, 0.05) is 12.8 Å². The minimum absolute atomic E-state index is 0.00533. The van der Waals surface area contributed by atoms with Crippen LogP contribution in [0.15, 0.2) is 0 Å². The Kier molecular flexibility index (Phi) is 22.7. The molecule has 0 saturated heterocycles. The lowest BCUT2D eigenvalue weighted by molar-refractivity contribution is -0.155. The highest BCUT2D eigenvalue weighted by molar-refractivity contribution is 5.71. The number of carboxylic acids is 1. The summed E-state index contributed by atoms with van der Waals surface area (Å²) in [6, 6.07) is 0. The first kappa shape index (κ1) is 39.2. The molecule has 0 unspecified atom stereocenters. The SMILES string of the molecule is CCCCC[C@H](O)C[C@H](O)CC(=O)O[C@H](CCCCC)C[C@H](O)CC(=O)O[C@H](CCC[C@H](C)O)C[C@H](O)CC(=O)O. The number of hydrogen-bond donors (Lipinski definition) is 6. The summed E-state index contributed by atoms with van der Waals surface area (Å²) in [4.78, 5) is 36.0. The Bertz CT molecular complexity index is 700. The van der Waals surface area contributed by atoms with Crippen LogP contribution in [0.3, 0.4) is 0 Å². The van der Waals surface area contributed by atoms with Crippen LogP contribution in [0.1, 0.15) is 130 Å². The number of aliphatic hydroxyl groups excluding tert-OH is 5. The summed E-state index contributed by atoms with van der Waals surface area (Å²) in [7, 11) is 0. The summed E-state index contributed by atoms with van der Waals surface area (Å²) in [6.07, 6.45) is 0.439. The molecule has 11 heteroatoms. The first-order chi connectivity index (χ1) is 19.4. The minimum atomic E-state index is -1.21. The molecule has 0 aliphatic carbocycles. The molecule has 0 radical (unpaired) electrons. The number of aliphatic carboxylic acids is 1. The van der Waals surface area contributed by atoms with Crippen molar-refractivity contribution in [1.82, 2.24) is 0 Å². The number of esters is 2. The van der Waals surface area contributed by atoms with E-state index in [4.69, 9.17) is 14.6 Å². The van der Waals surface area contributed by atoms with E-state index in [0.29, 0.717) is 32.1 Å². The molecule has 0 aromatic rings. The van der Waals surface area contributed by atoms with Gasteiger partial charge in [-0.1, -0.05) is 46.0 Å². The molecule has 0 aliphatic heterocycles. The van der Waals surface area contributed by atoms with Crippen molar-refractivity contribution in [2.24, 2.45) is 0 Å². The number of hydrogen-bond acceptors (Lipinski definition) is 10. The number of ether oxygens (including phenoxy) is 2. The van der Waals surface area contributed by atoms with E-state index in [2.05, 4.69) is 6.92 Å². The fourth-order valence-electron chi connectivity index (χ4n) is 4.69. The second kappa shape index (κ2) is 23.7. The van der Waals surface area contributed by atoms with E-state index in [0.717, 1.165) is 38.5 Å². The second-order valence-corrected chi connectivity index (χ2v) is 11.3. The van der Waals surface area contributed by atoms with Gasteiger partial charge >= 0.3 is 17.9 Å². The van der Waals surface area contributed by atoms with Crippen LogP contribution in [0.25, 0.3) is 0 Å². The number of carbonyl (C=O) groups excluding carboxylic acids is 2. The van der Waals surface area contributed by atoms with Gasteiger partial charge in [-0.05, 0) is 51.9 Å². The number of unbranched alkanes of at least 4 members (excludes halogenated alkanes) is 4. The Labute approximate surface area is 245 Å². The third-order valence-electron chi connectivity index (χ3n) is 6.84. The monoisotopic (exact) mass is 592 g/mol. The number of carboxylic acid groups (broad SMARTS) is 1. The number of rotatable bonds is 26. The van der Waals surface area contributed by atoms with Crippen LogP contribution in [-0.2, 0) is 23.9 Å². The standard InChI is InChI=1S/C30H56O11/c1-4-6-8-12-22(32)15-23(33)19-29(38)40-26(13-9-7-5-2)17-25(35)20-30(39)41-27(14-10-11-21(3)31)16-24(34)18-28(36)37/h21-27,31-35H,4-20H2,1-3H3,(H,36,37)/t21-,22-,23-,24-,25-,26+,27+/m0/s1. The van der Waals surface area contributed by atoms with Gasteiger partial charge in [-0.2, -0.15) is 0 Å². The maximum absolute atomic E-state index is 12.6. The zero-order chi connectivity index (χ0) is 31.2. The van der Waals surface area contributed by atoms with Crippen LogP contribution in [0.2, 0.25) is 0 Å². The highest BCUT2D eigenvalue weighted by Crippen LogP contribution is 2.19. The van der Waals surface area contributed by atoms with Gasteiger partial charge in [-0.15, -0.1) is 0 Å². The van der Waals surface area contributed by atoms with E-state index in [1.807, 2.05) is 6.92 Å². The Morgan fingerprint density at radius 1 is 0.561 bits per heavy atom. The smallest absolute Gasteiger partial charge is 0.308 e. The van der Waals surface area contributed by atoms with Crippen LogP contribution in [0.4, 0.5) is 0 Å². The zero-order valence-electron chi connectivity index (χ0n) is 25.3. The fourth-order valence-corrected chi connectivity index (χ4v) is 4.69. The van der Waals surface area contributed by atoms with Crippen LogP contribution < -0.4 is 0 Å². The molecule has 0 bridgehead atoms. The predicted octanol–water partition coefficient (Wildman–Crippen LogP) is 3.39. The van der Waals surface area contributed by atoms with Gasteiger partial charge in [-0.25, -0.2) is 0 Å². The molecule has 0 amide bonds. The third-order valence-corrected chi connectivity index (χ3v) is 6.84. The summed E-state index contributed by atoms with van der Waals surface area (Å²) >= 11 is 0. The Hall–Kier alpha value is -1.79. The maximum atomic E-state index is 12.6. The highest BCUT2D eigenvalue weighted by atomic mass is 16.6. The summed E-state index contributed by atoms with van der Waals surface area (Å²) in [5.74, 6) is -2.55. The van der Waals surface area contributed by atoms with Crippen molar-refractivity contribution in [1.29, 1.82) is 0 Å². The molecule has 242 valence electrons. The number of carbonyl (C=O) groups is 3. The van der Waals surface area contributed by atoms with E-state index in [-0.39, 0.29) is 32.1 Å². The van der Waals surface area contributed by atoms with Gasteiger partial charge in [0.05, 0.1) is 49.8 Å². The van der Waals surface area contributed by atoms with E-state index < -0.39 is 67.1 Å². The molecule has 0 heterocycles. The van der Waals surface area contributed by atoms with Crippen molar-refractivity contribution in [3.05, 3.63) is 0 Å². The van der Waals surface area contributed by atoms with Crippen molar-refractivity contribution >= 4 is 17.9 Å². The first-order valence-corrected chi connectivity index (χ1v) is 15.4. The first-order valence-electron chi connectivity index (χ1n) is 15.4. The molecule has 0 aromatic heterocycles. The zero-order valence-corrected chi connectivity index (χ0v) is 25.3. The fraction of sp³-hybridized carbons (Fsp3) is 0.900. The Morgan fingerprint density at radius 2 is 1.00 bits per heavy atom. The maximum Gasteiger partial charge on any atom is 0.308 e. The van der Waals surface area contributed by atoms with E-state index in [9.17, 15) is 39.9 Å². The van der Waals surface area contributed by atoms with Crippen molar-refractivity contribution in [3.8, 4) is 0 Å². The summed E-state index contributed by atoms with van der Waals surface area (Å²) in [6.45, 7) is 5.71. The van der Waals surface area contributed by atoms with Gasteiger partial charge in [0.15, 0.2) is 0 Å². The summed E-state index contributed by atoms with van der Waals surface area (Å²) in [5, 5.41) is 59.3. The molecule has 0 aromatic carbocycles. The lowest BCUT2D eigenvalue weighted by atomic mass is 10.0. The number of aliphatic hydroxyl groups is 5. The molecular formula is C30H56O11. The summed E-state index contributed by atoms with van der Waals surface area (Å²) < 4.78 is 11.0.